The van der Waals surface area contributed by atoms with Crippen LogP contribution in [-0.2, 0) is 16.4 Å². The first-order chi connectivity index (χ1) is 15.5. The lowest BCUT2D eigenvalue weighted by Crippen LogP contribution is -2.08. The second kappa shape index (κ2) is 9.16. The largest absolute Gasteiger partial charge is 0.497 e. The molecular formula is C24H28N4O3S. The molecule has 0 unspecified atom stereocenters. The van der Waals surface area contributed by atoms with Crippen molar-refractivity contribution in [2.24, 2.45) is 0 Å². The van der Waals surface area contributed by atoms with Gasteiger partial charge in [-0.25, -0.2) is 18.4 Å². The maximum atomic E-state index is 13.6. The Balaban J connectivity index is 1.86. The minimum absolute atomic E-state index is 0.0180. The third-order valence-electron chi connectivity index (χ3n) is 5.67. The van der Waals surface area contributed by atoms with Crippen LogP contribution in [0.5, 0.6) is 5.75 Å². The highest BCUT2D eigenvalue weighted by molar-refractivity contribution is 7.92. The number of ether oxygens (including phenoxy) is 1. The fourth-order valence-electron chi connectivity index (χ4n) is 3.93. The number of nitrogen functional groups attached to an aromatic ring is 1. The Morgan fingerprint density at radius 3 is 2.25 bits per heavy atom. The molecule has 0 aliphatic carbocycles. The molecule has 8 heteroatoms. The number of fused-ring (bicyclic) bond motifs is 2. The third kappa shape index (κ3) is 4.02. The van der Waals surface area contributed by atoms with E-state index in [2.05, 4.69) is 11.9 Å². The van der Waals surface area contributed by atoms with Crippen molar-refractivity contribution < 1.29 is 13.2 Å². The molecule has 0 aliphatic rings. The molecule has 0 fully saturated rings. The summed E-state index contributed by atoms with van der Waals surface area (Å²) in [6, 6.07) is 13.7. The van der Waals surface area contributed by atoms with E-state index in [1.807, 2.05) is 24.3 Å². The summed E-state index contributed by atoms with van der Waals surface area (Å²) in [5.41, 5.74) is 8.63. The van der Waals surface area contributed by atoms with E-state index in [9.17, 15) is 8.42 Å². The standard InChI is InChI=1S/C24H28N4O3S/c1-3-4-5-6-9-16-28-23(25)22(32(29,30)18-14-12-17(31-2)13-15-18)21-24(28)27-20-11-8-7-10-19(20)26-21/h7-8,10-15H,3-6,9,16,25H2,1-2H3. The van der Waals surface area contributed by atoms with Crippen LogP contribution in [0.25, 0.3) is 22.2 Å². The predicted molar refractivity (Wildman–Crippen MR) is 127 cm³/mol. The number of anilines is 1. The van der Waals surface area contributed by atoms with Gasteiger partial charge in [0.25, 0.3) is 0 Å². The number of benzene rings is 2. The lowest BCUT2D eigenvalue weighted by molar-refractivity contribution is 0.414. The molecule has 0 saturated carbocycles. The zero-order chi connectivity index (χ0) is 22.7. The summed E-state index contributed by atoms with van der Waals surface area (Å²) in [5, 5.41) is 0. The van der Waals surface area contributed by atoms with Crippen LogP contribution in [0, 0.1) is 0 Å². The Morgan fingerprint density at radius 1 is 0.938 bits per heavy atom. The monoisotopic (exact) mass is 452 g/mol. The molecule has 0 aliphatic heterocycles. The fraction of sp³-hybridized carbons (Fsp3) is 0.333. The van der Waals surface area contributed by atoms with Crippen LogP contribution in [0.1, 0.15) is 39.0 Å². The van der Waals surface area contributed by atoms with Gasteiger partial charge in [0.1, 0.15) is 22.0 Å². The van der Waals surface area contributed by atoms with Gasteiger partial charge in [-0.2, -0.15) is 0 Å². The van der Waals surface area contributed by atoms with E-state index >= 15 is 0 Å². The number of unbranched alkanes of at least 4 members (excludes halogenated alkanes) is 4. The van der Waals surface area contributed by atoms with Gasteiger partial charge in [0.2, 0.25) is 9.84 Å². The lowest BCUT2D eigenvalue weighted by atomic mass is 10.1. The van der Waals surface area contributed by atoms with Crippen molar-refractivity contribution in [2.75, 3.05) is 12.8 Å². The smallest absolute Gasteiger partial charge is 0.212 e. The number of hydrogen-bond acceptors (Lipinski definition) is 6. The minimum Gasteiger partial charge on any atom is -0.497 e. The van der Waals surface area contributed by atoms with E-state index in [1.54, 1.807) is 16.7 Å². The molecule has 0 atom stereocenters. The summed E-state index contributed by atoms with van der Waals surface area (Å²) in [6.07, 6.45) is 5.43. The average molecular weight is 453 g/mol. The van der Waals surface area contributed by atoms with Crippen molar-refractivity contribution in [2.45, 2.75) is 55.4 Å². The maximum absolute atomic E-state index is 13.6. The number of nitrogens with zero attached hydrogens (tertiary/aromatic N) is 3. The topological polar surface area (TPSA) is 100 Å². The van der Waals surface area contributed by atoms with Crippen molar-refractivity contribution in [1.29, 1.82) is 0 Å². The van der Waals surface area contributed by atoms with Crippen LogP contribution >= 0.6 is 0 Å². The molecule has 2 heterocycles. The Kier molecular flexibility index (Phi) is 6.32. The summed E-state index contributed by atoms with van der Waals surface area (Å²) in [7, 11) is -2.37. The zero-order valence-electron chi connectivity index (χ0n) is 18.4. The number of methoxy groups -OCH3 is 1. The fourth-order valence-corrected chi connectivity index (χ4v) is 5.43. The zero-order valence-corrected chi connectivity index (χ0v) is 19.2. The first kappa shape index (κ1) is 22.1. The van der Waals surface area contributed by atoms with Gasteiger partial charge >= 0.3 is 0 Å². The number of sulfone groups is 1. The molecule has 0 amide bonds. The molecule has 0 spiro atoms. The van der Waals surface area contributed by atoms with Crippen LogP contribution in [0.3, 0.4) is 0 Å². The quantitative estimate of drug-likeness (QED) is 0.360. The maximum Gasteiger partial charge on any atom is 0.212 e. The summed E-state index contributed by atoms with van der Waals surface area (Å²) < 4.78 is 34.2. The molecule has 2 N–H and O–H groups in total. The van der Waals surface area contributed by atoms with Gasteiger partial charge in [0.15, 0.2) is 5.65 Å². The van der Waals surface area contributed by atoms with Gasteiger partial charge < -0.3 is 15.0 Å². The second-order valence-electron chi connectivity index (χ2n) is 7.84. The first-order valence-corrected chi connectivity index (χ1v) is 12.4. The molecular weight excluding hydrogens is 424 g/mol. The van der Waals surface area contributed by atoms with E-state index in [1.165, 1.54) is 25.7 Å². The number of para-hydroxylation sites is 2. The summed E-state index contributed by atoms with van der Waals surface area (Å²) >= 11 is 0. The van der Waals surface area contributed by atoms with Crippen molar-refractivity contribution in [3.63, 3.8) is 0 Å². The predicted octanol–water partition coefficient (Wildman–Crippen LogP) is 4.98. The summed E-state index contributed by atoms with van der Waals surface area (Å²) in [6.45, 7) is 2.77. The number of hydrogen-bond donors (Lipinski definition) is 1. The molecule has 4 rings (SSSR count). The molecule has 0 radical (unpaired) electrons. The molecule has 7 nitrogen and oxygen atoms in total. The molecule has 2 aromatic carbocycles. The molecule has 0 bridgehead atoms. The molecule has 4 aromatic rings. The van der Waals surface area contributed by atoms with E-state index < -0.39 is 9.84 Å². The Bertz CT molecular complexity index is 1350. The molecule has 0 saturated heterocycles. The highest BCUT2D eigenvalue weighted by atomic mass is 32.2. The van der Waals surface area contributed by atoms with E-state index in [0.29, 0.717) is 34.5 Å². The van der Waals surface area contributed by atoms with Crippen molar-refractivity contribution in [3.8, 4) is 5.75 Å². The number of rotatable bonds is 9. The summed E-state index contributed by atoms with van der Waals surface area (Å²) in [4.78, 5) is 9.58. The van der Waals surface area contributed by atoms with Crippen molar-refractivity contribution >= 4 is 37.9 Å². The van der Waals surface area contributed by atoms with Gasteiger partial charge in [-0.15, -0.1) is 0 Å². The van der Waals surface area contributed by atoms with Crippen LogP contribution in [-0.4, -0.2) is 30.1 Å². The molecule has 32 heavy (non-hydrogen) atoms. The summed E-state index contributed by atoms with van der Waals surface area (Å²) in [5.74, 6) is 0.763. The Labute approximate surface area is 188 Å². The van der Waals surface area contributed by atoms with Crippen molar-refractivity contribution in [3.05, 3.63) is 48.5 Å². The number of nitrogens with two attached hydrogens (primary N) is 1. The van der Waals surface area contributed by atoms with Gasteiger partial charge in [0, 0.05) is 6.54 Å². The SMILES string of the molecule is CCCCCCCn1c(N)c(S(=O)(=O)c2ccc(OC)cc2)c2nc3ccccc3nc21. The number of aryl methyl sites for hydroxylation is 1. The van der Waals surface area contributed by atoms with Crippen molar-refractivity contribution in [1.82, 2.24) is 14.5 Å². The van der Waals surface area contributed by atoms with Crippen LogP contribution < -0.4 is 10.5 Å². The van der Waals surface area contributed by atoms with E-state index in [0.717, 1.165) is 25.7 Å². The first-order valence-electron chi connectivity index (χ1n) is 10.9. The number of aromatic nitrogens is 3. The lowest BCUT2D eigenvalue weighted by Gasteiger charge is -2.08. The van der Waals surface area contributed by atoms with E-state index in [4.69, 9.17) is 15.5 Å². The van der Waals surface area contributed by atoms with Gasteiger partial charge in [-0.05, 0) is 42.8 Å². The molecule has 2 aromatic heterocycles. The molecule has 168 valence electrons. The van der Waals surface area contributed by atoms with Gasteiger partial charge in [0.05, 0.1) is 23.0 Å². The minimum atomic E-state index is -3.91. The second-order valence-corrected chi connectivity index (χ2v) is 9.73. The van der Waals surface area contributed by atoms with Crippen LogP contribution in [0.15, 0.2) is 58.3 Å². The van der Waals surface area contributed by atoms with Gasteiger partial charge in [-0.1, -0.05) is 44.7 Å². The Morgan fingerprint density at radius 2 is 1.59 bits per heavy atom. The van der Waals surface area contributed by atoms with E-state index in [-0.39, 0.29) is 15.6 Å². The van der Waals surface area contributed by atoms with Gasteiger partial charge in [-0.3, -0.25) is 0 Å². The van der Waals surface area contributed by atoms with Crippen LogP contribution in [0.2, 0.25) is 0 Å². The Hall–Kier alpha value is -3.13. The third-order valence-corrected chi connectivity index (χ3v) is 7.50. The normalized spacial score (nSPS) is 11.9. The highest BCUT2D eigenvalue weighted by Crippen LogP contribution is 2.36. The van der Waals surface area contributed by atoms with Crippen LogP contribution in [0.4, 0.5) is 5.82 Å². The highest BCUT2D eigenvalue weighted by Gasteiger charge is 2.30. The average Bonchev–Trinajstić information content (AvgIpc) is 3.08.